The van der Waals surface area contributed by atoms with Crippen LogP contribution in [0.2, 0.25) is 0 Å². The molecule has 24 heavy (non-hydrogen) atoms. The number of aromatic nitrogens is 1. The van der Waals surface area contributed by atoms with E-state index in [1.54, 1.807) is 19.1 Å². The molecule has 5 nitrogen and oxygen atoms in total. The largest absolute Gasteiger partial charge is 0.449 e. The fourth-order valence-electron chi connectivity index (χ4n) is 2.36. The summed E-state index contributed by atoms with van der Waals surface area (Å²) in [5, 5.41) is 2.86. The highest BCUT2D eigenvalue weighted by Crippen LogP contribution is 2.18. The maximum Gasteiger partial charge on any atom is 0.339 e. The van der Waals surface area contributed by atoms with Gasteiger partial charge in [-0.05, 0) is 31.0 Å². The van der Waals surface area contributed by atoms with Gasteiger partial charge in [-0.3, -0.25) is 9.78 Å². The van der Waals surface area contributed by atoms with Gasteiger partial charge in [0.05, 0.1) is 5.56 Å². The number of pyridine rings is 1. The average Bonchev–Trinajstić information content (AvgIpc) is 2.63. The van der Waals surface area contributed by atoms with Gasteiger partial charge in [0.2, 0.25) is 0 Å². The highest BCUT2D eigenvalue weighted by Gasteiger charge is 2.20. The van der Waals surface area contributed by atoms with E-state index in [0.29, 0.717) is 12.1 Å². The maximum absolute atomic E-state index is 12.2. The first-order valence-electron chi connectivity index (χ1n) is 8.05. The van der Waals surface area contributed by atoms with Gasteiger partial charge in [-0.1, -0.05) is 37.3 Å². The summed E-state index contributed by atoms with van der Waals surface area (Å²) in [7, 11) is 0. The molecular weight excluding hydrogens is 304 g/mol. The van der Waals surface area contributed by atoms with E-state index in [9.17, 15) is 9.59 Å². The Morgan fingerprint density at radius 1 is 1.12 bits per heavy atom. The molecule has 0 radical (unpaired) electrons. The van der Waals surface area contributed by atoms with E-state index in [1.807, 2.05) is 30.3 Å². The summed E-state index contributed by atoms with van der Waals surface area (Å²) in [4.78, 5) is 27.9. The number of hydrogen-bond acceptors (Lipinski definition) is 4. The second kappa shape index (κ2) is 8.82. The molecule has 0 aliphatic rings. The van der Waals surface area contributed by atoms with Crippen LogP contribution >= 0.6 is 0 Å². The van der Waals surface area contributed by atoms with Crippen molar-refractivity contribution in [1.82, 2.24) is 10.3 Å². The lowest BCUT2D eigenvalue weighted by molar-refractivity contribution is -0.129. The predicted octanol–water partition coefficient (Wildman–Crippen LogP) is 2.94. The van der Waals surface area contributed by atoms with Crippen LogP contribution in [0.15, 0.2) is 54.9 Å². The number of amides is 1. The Morgan fingerprint density at radius 3 is 2.42 bits per heavy atom. The molecule has 2 aromatic rings. The van der Waals surface area contributed by atoms with Crippen LogP contribution in [0.5, 0.6) is 0 Å². The molecule has 1 aromatic heterocycles. The van der Waals surface area contributed by atoms with Gasteiger partial charge in [0.15, 0.2) is 6.10 Å². The van der Waals surface area contributed by atoms with Gasteiger partial charge in [0, 0.05) is 24.9 Å². The van der Waals surface area contributed by atoms with Gasteiger partial charge in [0.1, 0.15) is 0 Å². The summed E-state index contributed by atoms with van der Waals surface area (Å²) in [6.45, 7) is 4.16. The lowest BCUT2D eigenvalue weighted by atomic mass is 9.96. The molecule has 0 aliphatic heterocycles. The highest BCUT2D eigenvalue weighted by molar-refractivity contribution is 5.92. The Labute approximate surface area is 142 Å². The molecule has 1 amide bonds. The van der Waals surface area contributed by atoms with E-state index < -0.39 is 12.1 Å². The number of benzene rings is 1. The standard InChI is InChI=1S/C19H22N2O3/c1-3-15(16-7-5-4-6-8-16)13-21-18(22)14(2)24-19(23)17-9-11-20-12-10-17/h4-12,14-15H,3,13H2,1-2H3,(H,21,22)/t14-,15-/m0/s1. The first kappa shape index (κ1) is 17.7. The van der Waals surface area contributed by atoms with Crippen molar-refractivity contribution in [3.63, 3.8) is 0 Å². The van der Waals surface area contributed by atoms with Crippen molar-refractivity contribution in [2.75, 3.05) is 6.54 Å². The number of ether oxygens (including phenoxy) is 1. The Balaban J connectivity index is 1.86. The summed E-state index contributed by atoms with van der Waals surface area (Å²) in [6, 6.07) is 13.1. The molecule has 126 valence electrons. The molecule has 0 unspecified atom stereocenters. The molecule has 2 rings (SSSR count). The summed E-state index contributed by atoms with van der Waals surface area (Å²) in [5.74, 6) is -0.597. The Morgan fingerprint density at radius 2 is 1.79 bits per heavy atom. The zero-order valence-electron chi connectivity index (χ0n) is 13.9. The summed E-state index contributed by atoms with van der Waals surface area (Å²) in [5.41, 5.74) is 1.56. The van der Waals surface area contributed by atoms with Gasteiger partial charge >= 0.3 is 5.97 Å². The van der Waals surface area contributed by atoms with Crippen molar-refractivity contribution in [3.05, 3.63) is 66.0 Å². The zero-order valence-corrected chi connectivity index (χ0v) is 13.9. The SMILES string of the molecule is CC[C@@H](CNC(=O)[C@H](C)OC(=O)c1ccncc1)c1ccccc1. The van der Waals surface area contributed by atoms with Crippen molar-refractivity contribution < 1.29 is 14.3 Å². The van der Waals surface area contributed by atoms with E-state index in [1.165, 1.54) is 18.0 Å². The lowest BCUT2D eigenvalue weighted by Gasteiger charge is -2.18. The minimum absolute atomic E-state index is 0.234. The molecule has 5 heteroatoms. The second-order valence-corrected chi connectivity index (χ2v) is 5.54. The van der Waals surface area contributed by atoms with E-state index >= 15 is 0 Å². The summed E-state index contributed by atoms with van der Waals surface area (Å²) >= 11 is 0. The maximum atomic E-state index is 12.2. The van der Waals surface area contributed by atoms with Crippen LogP contribution in [0.4, 0.5) is 0 Å². The minimum Gasteiger partial charge on any atom is -0.449 e. The molecule has 1 heterocycles. The number of hydrogen-bond donors (Lipinski definition) is 1. The zero-order chi connectivity index (χ0) is 17.4. The number of nitrogens with zero attached hydrogens (tertiary/aromatic N) is 1. The third kappa shape index (κ3) is 4.91. The van der Waals surface area contributed by atoms with Crippen molar-refractivity contribution in [3.8, 4) is 0 Å². The molecule has 0 spiro atoms. The number of carbonyl (C=O) groups is 2. The average molecular weight is 326 g/mol. The molecule has 0 bridgehead atoms. The van der Waals surface area contributed by atoms with Crippen molar-refractivity contribution >= 4 is 11.9 Å². The normalized spacial score (nSPS) is 12.9. The molecule has 1 N–H and O–H groups in total. The Bertz CT molecular complexity index is 659. The van der Waals surface area contributed by atoms with Gasteiger partial charge in [0.25, 0.3) is 5.91 Å². The third-order valence-electron chi connectivity index (χ3n) is 3.86. The fraction of sp³-hybridized carbons (Fsp3) is 0.316. The lowest BCUT2D eigenvalue weighted by Crippen LogP contribution is -2.38. The number of carbonyl (C=O) groups excluding carboxylic acids is 2. The monoisotopic (exact) mass is 326 g/mol. The van der Waals surface area contributed by atoms with Crippen LogP contribution in [-0.2, 0) is 9.53 Å². The van der Waals surface area contributed by atoms with Crippen molar-refractivity contribution in [2.24, 2.45) is 0 Å². The van der Waals surface area contributed by atoms with Crippen molar-refractivity contribution in [1.29, 1.82) is 0 Å². The third-order valence-corrected chi connectivity index (χ3v) is 3.86. The minimum atomic E-state index is -0.848. The van der Waals surface area contributed by atoms with E-state index in [2.05, 4.69) is 17.2 Å². The predicted molar refractivity (Wildman–Crippen MR) is 91.6 cm³/mol. The van der Waals surface area contributed by atoms with Gasteiger partial charge in [-0.2, -0.15) is 0 Å². The molecule has 0 fully saturated rings. The highest BCUT2D eigenvalue weighted by atomic mass is 16.5. The molecular formula is C19H22N2O3. The number of esters is 1. The van der Waals surface area contributed by atoms with Crippen LogP contribution < -0.4 is 5.32 Å². The summed E-state index contributed by atoms with van der Waals surface area (Å²) in [6.07, 6.45) is 3.08. The van der Waals surface area contributed by atoms with Crippen LogP contribution in [0.3, 0.4) is 0 Å². The topological polar surface area (TPSA) is 68.3 Å². The fourth-order valence-corrected chi connectivity index (χ4v) is 2.36. The second-order valence-electron chi connectivity index (χ2n) is 5.54. The quantitative estimate of drug-likeness (QED) is 0.794. The van der Waals surface area contributed by atoms with E-state index in [4.69, 9.17) is 4.74 Å². The van der Waals surface area contributed by atoms with Gasteiger partial charge in [-0.15, -0.1) is 0 Å². The van der Waals surface area contributed by atoms with Crippen LogP contribution in [-0.4, -0.2) is 29.5 Å². The Kier molecular flexibility index (Phi) is 6.49. The van der Waals surface area contributed by atoms with Gasteiger partial charge in [-0.25, -0.2) is 4.79 Å². The molecule has 0 saturated heterocycles. The van der Waals surface area contributed by atoms with E-state index in [0.717, 1.165) is 6.42 Å². The first-order valence-corrected chi connectivity index (χ1v) is 8.05. The Hall–Kier alpha value is -2.69. The first-order chi connectivity index (χ1) is 11.6. The van der Waals surface area contributed by atoms with Crippen LogP contribution in [0, 0.1) is 0 Å². The number of nitrogens with one attached hydrogen (secondary N) is 1. The van der Waals surface area contributed by atoms with E-state index in [-0.39, 0.29) is 11.8 Å². The van der Waals surface area contributed by atoms with Crippen molar-refractivity contribution in [2.45, 2.75) is 32.3 Å². The molecule has 0 aliphatic carbocycles. The molecule has 2 atom stereocenters. The molecule has 1 aromatic carbocycles. The number of rotatable bonds is 7. The molecule has 0 saturated carbocycles. The van der Waals surface area contributed by atoms with Crippen LogP contribution in [0.1, 0.15) is 42.1 Å². The van der Waals surface area contributed by atoms with Gasteiger partial charge < -0.3 is 10.1 Å². The smallest absolute Gasteiger partial charge is 0.339 e. The van der Waals surface area contributed by atoms with Crippen LogP contribution in [0.25, 0.3) is 0 Å². The summed E-state index contributed by atoms with van der Waals surface area (Å²) < 4.78 is 5.19.